The van der Waals surface area contributed by atoms with Gasteiger partial charge in [-0.3, -0.25) is 9.55 Å². The summed E-state index contributed by atoms with van der Waals surface area (Å²) in [6.45, 7) is 4.03. The molecule has 0 radical (unpaired) electrons. The molecule has 0 aliphatic carbocycles. The van der Waals surface area contributed by atoms with Crippen molar-refractivity contribution in [3.8, 4) is 22.5 Å². The molecule has 2 aromatic heterocycles. The highest BCUT2D eigenvalue weighted by molar-refractivity contribution is 7.54. The first-order valence-corrected chi connectivity index (χ1v) is 11.1. The molecular weight excluding hydrogens is 389 g/mol. The predicted octanol–water partition coefficient (Wildman–Crippen LogP) is 5.06. The average Bonchev–Trinajstić information content (AvgIpc) is 3.07. The van der Waals surface area contributed by atoms with E-state index in [9.17, 15) is 4.57 Å². The normalized spacial score (nSPS) is 12.8. The fourth-order valence-electron chi connectivity index (χ4n) is 3.28. The van der Waals surface area contributed by atoms with Crippen LogP contribution in [0.25, 0.3) is 22.5 Å². The second-order valence-electron chi connectivity index (χ2n) is 6.29. The van der Waals surface area contributed by atoms with Gasteiger partial charge >= 0.3 is 7.60 Å². The van der Waals surface area contributed by atoms with Crippen molar-refractivity contribution >= 4 is 7.60 Å². The molecule has 0 bridgehead atoms. The lowest BCUT2D eigenvalue weighted by molar-refractivity contribution is 0.103. The molecule has 1 unspecified atom stereocenters. The number of benzene rings is 1. The molecule has 3 aromatic rings. The van der Waals surface area contributed by atoms with Gasteiger partial charge in [0.2, 0.25) is 5.85 Å². The zero-order chi connectivity index (χ0) is 20.9. The Hall–Kier alpha value is -2.31. The largest absolute Gasteiger partial charge is 0.366 e. The predicted molar refractivity (Wildman–Crippen MR) is 112 cm³/mol. The minimum Gasteiger partial charge on any atom is -0.362 e. The molecular formula is C21H26N3O4P. The molecule has 1 aromatic carbocycles. The zero-order valence-electron chi connectivity index (χ0n) is 17.1. The zero-order valence-corrected chi connectivity index (χ0v) is 18.0. The molecule has 3 rings (SSSR count). The number of ether oxygens (including phenoxy) is 1. The number of pyridine rings is 1. The van der Waals surface area contributed by atoms with Crippen molar-refractivity contribution in [2.24, 2.45) is 7.05 Å². The molecule has 7 nitrogen and oxygen atoms in total. The van der Waals surface area contributed by atoms with E-state index < -0.39 is 13.4 Å². The maximum atomic E-state index is 13.5. The van der Waals surface area contributed by atoms with E-state index in [4.69, 9.17) is 18.8 Å². The van der Waals surface area contributed by atoms with E-state index in [2.05, 4.69) is 4.98 Å². The molecule has 0 amide bonds. The summed E-state index contributed by atoms with van der Waals surface area (Å²) in [5.74, 6) is -0.478. The summed E-state index contributed by atoms with van der Waals surface area (Å²) in [6, 6.07) is 13.7. The van der Waals surface area contributed by atoms with Gasteiger partial charge in [0, 0.05) is 37.7 Å². The third-order valence-corrected chi connectivity index (χ3v) is 6.73. The summed E-state index contributed by atoms with van der Waals surface area (Å²) in [6.07, 6.45) is 3.44. The van der Waals surface area contributed by atoms with Crippen LogP contribution >= 0.6 is 7.60 Å². The number of hydrogen-bond acceptors (Lipinski definition) is 6. The van der Waals surface area contributed by atoms with Crippen molar-refractivity contribution in [1.29, 1.82) is 0 Å². The van der Waals surface area contributed by atoms with Gasteiger partial charge in [0.1, 0.15) is 0 Å². The third-order valence-electron chi connectivity index (χ3n) is 4.48. The summed E-state index contributed by atoms with van der Waals surface area (Å²) < 4.78 is 32.0. The molecule has 29 heavy (non-hydrogen) atoms. The lowest BCUT2D eigenvalue weighted by atomic mass is 10.1. The molecule has 1 atom stereocenters. The van der Waals surface area contributed by atoms with Gasteiger partial charge in [0.05, 0.1) is 24.6 Å². The van der Waals surface area contributed by atoms with Crippen LogP contribution < -0.4 is 0 Å². The summed E-state index contributed by atoms with van der Waals surface area (Å²) in [7, 11) is -0.223. The van der Waals surface area contributed by atoms with Crippen molar-refractivity contribution < 1.29 is 18.3 Å². The first-order chi connectivity index (χ1) is 14.1. The summed E-state index contributed by atoms with van der Waals surface area (Å²) in [4.78, 5) is 8.93. The van der Waals surface area contributed by atoms with Crippen LogP contribution in [-0.2, 0) is 25.4 Å². The Bertz CT molecular complexity index is 966. The quantitative estimate of drug-likeness (QED) is 0.455. The van der Waals surface area contributed by atoms with Crippen LogP contribution in [-0.4, -0.2) is 34.9 Å². The summed E-state index contributed by atoms with van der Waals surface area (Å²) in [5, 5.41) is 0. The molecule has 0 aliphatic heterocycles. The Kier molecular flexibility index (Phi) is 6.98. The van der Waals surface area contributed by atoms with Crippen LogP contribution in [0.3, 0.4) is 0 Å². The Morgan fingerprint density at radius 2 is 1.62 bits per heavy atom. The first-order valence-electron chi connectivity index (χ1n) is 9.49. The van der Waals surface area contributed by atoms with Crippen LogP contribution in [0.4, 0.5) is 0 Å². The molecule has 8 heteroatoms. The van der Waals surface area contributed by atoms with Crippen molar-refractivity contribution in [1.82, 2.24) is 14.5 Å². The second kappa shape index (κ2) is 9.46. The number of imidazole rings is 1. The third kappa shape index (κ3) is 4.33. The van der Waals surface area contributed by atoms with Gasteiger partial charge in [0.25, 0.3) is 0 Å². The number of nitrogens with zero attached hydrogens (tertiary/aromatic N) is 3. The highest BCUT2D eigenvalue weighted by Crippen LogP contribution is 2.61. The molecule has 2 heterocycles. The van der Waals surface area contributed by atoms with Crippen molar-refractivity contribution in [2.75, 3.05) is 20.3 Å². The van der Waals surface area contributed by atoms with Crippen LogP contribution in [0.5, 0.6) is 0 Å². The lowest BCUT2D eigenvalue weighted by Crippen LogP contribution is -2.13. The fraction of sp³-hybridized carbons (Fsp3) is 0.333. The van der Waals surface area contributed by atoms with Gasteiger partial charge in [-0.25, -0.2) is 4.98 Å². The minimum atomic E-state index is -3.59. The summed E-state index contributed by atoms with van der Waals surface area (Å²) >= 11 is 0. The van der Waals surface area contributed by atoms with E-state index in [-0.39, 0.29) is 13.2 Å². The Morgan fingerprint density at radius 3 is 2.17 bits per heavy atom. The molecule has 0 aliphatic rings. The van der Waals surface area contributed by atoms with E-state index in [0.717, 1.165) is 22.5 Å². The van der Waals surface area contributed by atoms with Crippen LogP contribution in [0.2, 0.25) is 0 Å². The summed E-state index contributed by atoms with van der Waals surface area (Å²) in [5.41, 5.74) is 3.52. The molecule has 0 saturated heterocycles. The maximum Gasteiger partial charge on any atom is 0.366 e. The maximum absolute atomic E-state index is 13.5. The number of methoxy groups -OCH3 is 1. The Balaban J connectivity index is 2.22. The molecule has 0 fully saturated rings. The van der Waals surface area contributed by atoms with Crippen LogP contribution in [0, 0.1) is 0 Å². The highest BCUT2D eigenvalue weighted by Gasteiger charge is 2.41. The first kappa shape index (κ1) is 21.4. The molecule has 154 valence electrons. The van der Waals surface area contributed by atoms with Gasteiger partial charge in [-0.1, -0.05) is 30.3 Å². The molecule has 0 saturated carbocycles. The molecule has 0 N–H and O–H groups in total. The van der Waals surface area contributed by atoms with E-state index in [0.29, 0.717) is 5.82 Å². The van der Waals surface area contributed by atoms with E-state index in [1.54, 1.807) is 26.2 Å². The molecule has 0 spiro atoms. The van der Waals surface area contributed by atoms with Gasteiger partial charge in [-0.05, 0) is 26.0 Å². The standard InChI is InChI=1S/C21H26N3O4P/c1-5-27-29(25,28-6-2)21(26-4)20-23-18(16-12-14-22-15-13-16)19(24(20)3)17-10-8-7-9-11-17/h7-15,21H,5-6H2,1-4H3. The fourth-order valence-corrected chi connectivity index (χ4v) is 5.12. The van der Waals surface area contributed by atoms with Crippen molar-refractivity contribution in [3.63, 3.8) is 0 Å². The van der Waals surface area contributed by atoms with Crippen molar-refractivity contribution in [3.05, 3.63) is 60.7 Å². The van der Waals surface area contributed by atoms with E-state index in [1.165, 1.54) is 7.11 Å². The minimum absolute atomic E-state index is 0.240. The van der Waals surface area contributed by atoms with Gasteiger partial charge in [-0.15, -0.1) is 0 Å². The number of hydrogen-bond donors (Lipinski definition) is 0. The average molecular weight is 415 g/mol. The number of rotatable bonds is 9. The van der Waals surface area contributed by atoms with Gasteiger partial charge in [0.15, 0.2) is 5.82 Å². The van der Waals surface area contributed by atoms with Gasteiger partial charge in [-0.2, -0.15) is 0 Å². The highest BCUT2D eigenvalue weighted by atomic mass is 31.2. The van der Waals surface area contributed by atoms with Crippen LogP contribution in [0.1, 0.15) is 25.5 Å². The van der Waals surface area contributed by atoms with E-state index in [1.807, 2.05) is 54.1 Å². The Labute approximate surface area is 171 Å². The lowest BCUT2D eigenvalue weighted by Gasteiger charge is -2.24. The van der Waals surface area contributed by atoms with Gasteiger partial charge < -0.3 is 18.4 Å². The second-order valence-corrected chi connectivity index (χ2v) is 8.36. The monoisotopic (exact) mass is 415 g/mol. The smallest absolute Gasteiger partial charge is 0.362 e. The van der Waals surface area contributed by atoms with Crippen LogP contribution in [0.15, 0.2) is 54.9 Å². The van der Waals surface area contributed by atoms with E-state index >= 15 is 0 Å². The topological polar surface area (TPSA) is 75.5 Å². The SMILES string of the molecule is CCOP(=O)(OCC)C(OC)c1nc(-c2ccncc2)c(-c2ccccc2)n1C. The Morgan fingerprint density at radius 1 is 1.00 bits per heavy atom. The van der Waals surface area contributed by atoms with Crippen molar-refractivity contribution in [2.45, 2.75) is 19.7 Å². The number of aromatic nitrogens is 3.